The van der Waals surface area contributed by atoms with Crippen LogP contribution in [0, 0.1) is 0 Å². The molecule has 0 bridgehead atoms. The van der Waals surface area contributed by atoms with Crippen LogP contribution in [0.4, 0.5) is 0 Å². The van der Waals surface area contributed by atoms with Gasteiger partial charge in [-0.2, -0.15) is 0 Å². The number of ether oxygens (including phenoxy) is 2. The van der Waals surface area contributed by atoms with Gasteiger partial charge in [0.25, 0.3) is 0 Å². The molecule has 2 atom stereocenters. The quantitative estimate of drug-likeness (QED) is 0.847. The SMILES string of the molecule is COC(C)c1cccc(C2CNCCO2)c1. The van der Waals surface area contributed by atoms with Crippen molar-refractivity contribution in [2.75, 3.05) is 26.8 Å². The van der Waals surface area contributed by atoms with Gasteiger partial charge in [-0.3, -0.25) is 0 Å². The maximum atomic E-state index is 5.73. The topological polar surface area (TPSA) is 30.5 Å². The van der Waals surface area contributed by atoms with Gasteiger partial charge in [0, 0.05) is 20.2 Å². The third-order valence-corrected chi connectivity index (χ3v) is 3.03. The highest BCUT2D eigenvalue weighted by molar-refractivity contribution is 5.27. The first-order valence-electron chi connectivity index (χ1n) is 5.76. The fraction of sp³-hybridized carbons (Fsp3) is 0.538. The molecule has 0 radical (unpaired) electrons. The summed E-state index contributed by atoms with van der Waals surface area (Å²) in [4.78, 5) is 0. The van der Waals surface area contributed by atoms with Crippen molar-refractivity contribution in [2.45, 2.75) is 19.1 Å². The highest BCUT2D eigenvalue weighted by Crippen LogP contribution is 2.23. The van der Waals surface area contributed by atoms with E-state index in [2.05, 4.69) is 36.5 Å². The molecule has 1 fully saturated rings. The third kappa shape index (κ3) is 2.61. The third-order valence-electron chi connectivity index (χ3n) is 3.03. The van der Waals surface area contributed by atoms with E-state index in [-0.39, 0.29) is 12.2 Å². The predicted molar refractivity (Wildman–Crippen MR) is 63.4 cm³/mol. The number of nitrogens with one attached hydrogen (secondary N) is 1. The minimum Gasteiger partial charge on any atom is -0.377 e. The normalized spacial score (nSPS) is 23.0. The molecular weight excluding hydrogens is 202 g/mol. The standard InChI is InChI=1S/C13H19NO2/c1-10(15-2)11-4-3-5-12(8-11)13-9-14-6-7-16-13/h3-5,8,10,13-14H,6-7,9H2,1-2H3. The maximum absolute atomic E-state index is 5.73. The predicted octanol–water partition coefficient (Wildman–Crippen LogP) is 2.05. The molecule has 1 aliphatic heterocycles. The zero-order chi connectivity index (χ0) is 11.4. The lowest BCUT2D eigenvalue weighted by atomic mass is 10.0. The Morgan fingerprint density at radius 1 is 1.50 bits per heavy atom. The number of benzene rings is 1. The summed E-state index contributed by atoms with van der Waals surface area (Å²) in [6, 6.07) is 8.45. The number of morpholine rings is 1. The monoisotopic (exact) mass is 221 g/mol. The first kappa shape index (κ1) is 11.6. The van der Waals surface area contributed by atoms with Crippen LogP contribution in [-0.2, 0) is 9.47 Å². The number of hydrogen-bond donors (Lipinski definition) is 1. The fourth-order valence-corrected chi connectivity index (χ4v) is 1.93. The summed E-state index contributed by atoms with van der Waals surface area (Å²) in [7, 11) is 1.73. The summed E-state index contributed by atoms with van der Waals surface area (Å²) in [5.74, 6) is 0. The minimum atomic E-state index is 0.136. The van der Waals surface area contributed by atoms with Gasteiger partial charge in [0.2, 0.25) is 0 Å². The van der Waals surface area contributed by atoms with Gasteiger partial charge in [-0.1, -0.05) is 24.3 Å². The van der Waals surface area contributed by atoms with E-state index < -0.39 is 0 Å². The molecule has 88 valence electrons. The molecule has 2 unspecified atom stereocenters. The van der Waals surface area contributed by atoms with E-state index in [1.807, 2.05) is 0 Å². The van der Waals surface area contributed by atoms with Gasteiger partial charge >= 0.3 is 0 Å². The Hall–Kier alpha value is -0.900. The van der Waals surface area contributed by atoms with Gasteiger partial charge in [-0.15, -0.1) is 0 Å². The number of rotatable bonds is 3. The largest absolute Gasteiger partial charge is 0.377 e. The Bertz CT molecular complexity index is 334. The second kappa shape index (κ2) is 5.43. The molecule has 2 rings (SSSR count). The van der Waals surface area contributed by atoms with Gasteiger partial charge < -0.3 is 14.8 Å². The molecule has 1 aromatic carbocycles. The molecule has 1 heterocycles. The van der Waals surface area contributed by atoms with E-state index in [4.69, 9.17) is 9.47 Å². The van der Waals surface area contributed by atoms with Crippen molar-refractivity contribution in [3.8, 4) is 0 Å². The lowest BCUT2D eigenvalue weighted by Crippen LogP contribution is -2.33. The van der Waals surface area contributed by atoms with E-state index in [1.165, 1.54) is 11.1 Å². The van der Waals surface area contributed by atoms with Crippen molar-refractivity contribution in [1.82, 2.24) is 5.32 Å². The molecule has 3 nitrogen and oxygen atoms in total. The summed E-state index contributed by atoms with van der Waals surface area (Å²) < 4.78 is 11.1. The lowest BCUT2D eigenvalue weighted by Gasteiger charge is -2.24. The summed E-state index contributed by atoms with van der Waals surface area (Å²) in [5, 5.41) is 3.34. The molecule has 0 saturated carbocycles. The summed E-state index contributed by atoms with van der Waals surface area (Å²) in [6.07, 6.45) is 0.314. The first-order chi connectivity index (χ1) is 7.81. The van der Waals surface area contributed by atoms with Crippen LogP contribution in [0.25, 0.3) is 0 Å². The van der Waals surface area contributed by atoms with E-state index in [1.54, 1.807) is 7.11 Å². The molecule has 3 heteroatoms. The van der Waals surface area contributed by atoms with Gasteiger partial charge in [-0.25, -0.2) is 0 Å². The molecule has 1 aliphatic rings. The van der Waals surface area contributed by atoms with Crippen LogP contribution in [0.2, 0.25) is 0 Å². The molecule has 1 saturated heterocycles. The van der Waals surface area contributed by atoms with Crippen molar-refractivity contribution in [3.05, 3.63) is 35.4 Å². The molecule has 1 N–H and O–H groups in total. The Morgan fingerprint density at radius 2 is 2.38 bits per heavy atom. The van der Waals surface area contributed by atoms with E-state index in [0.717, 1.165) is 19.7 Å². The first-order valence-corrected chi connectivity index (χ1v) is 5.76. The van der Waals surface area contributed by atoms with Gasteiger partial charge in [-0.05, 0) is 18.1 Å². The Labute approximate surface area is 96.8 Å². The van der Waals surface area contributed by atoms with Gasteiger partial charge in [0.15, 0.2) is 0 Å². The summed E-state index contributed by atoms with van der Waals surface area (Å²) >= 11 is 0. The van der Waals surface area contributed by atoms with Crippen LogP contribution in [0.5, 0.6) is 0 Å². The van der Waals surface area contributed by atoms with Gasteiger partial charge in [0.1, 0.15) is 0 Å². The highest BCUT2D eigenvalue weighted by Gasteiger charge is 2.16. The molecular formula is C13H19NO2. The Kier molecular flexibility index (Phi) is 3.93. The zero-order valence-corrected chi connectivity index (χ0v) is 9.90. The van der Waals surface area contributed by atoms with Crippen LogP contribution in [0.15, 0.2) is 24.3 Å². The molecule has 16 heavy (non-hydrogen) atoms. The lowest BCUT2D eigenvalue weighted by molar-refractivity contribution is 0.0274. The van der Waals surface area contributed by atoms with E-state index in [0.29, 0.717) is 0 Å². The fourth-order valence-electron chi connectivity index (χ4n) is 1.93. The smallest absolute Gasteiger partial charge is 0.0949 e. The van der Waals surface area contributed by atoms with Crippen molar-refractivity contribution < 1.29 is 9.47 Å². The van der Waals surface area contributed by atoms with Crippen molar-refractivity contribution in [3.63, 3.8) is 0 Å². The van der Waals surface area contributed by atoms with Crippen LogP contribution in [0.3, 0.4) is 0 Å². The Balaban J connectivity index is 2.14. The second-order valence-electron chi connectivity index (χ2n) is 4.11. The molecule has 0 spiro atoms. The highest BCUT2D eigenvalue weighted by atomic mass is 16.5. The minimum absolute atomic E-state index is 0.136. The molecule has 0 amide bonds. The van der Waals surface area contributed by atoms with E-state index in [9.17, 15) is 0 Å². The zero-order valence-electron chi connectivity index (χ0n) is 9.90. The van der Waals surface area contributed by atoms with Crippen LogP contribution in [0.1, 0.15) is 30.3 Å². The van der Waals surface area contributed by atoms with Gasteiger partial charge in [0.05, 0.1) is 18.8 Å². The van der Waals surface area contributed by atoms with Crippen LogP contribution in [-0.4, -0.2) is 26.8 Å². The maximum Gasteiger partial charge on any atom is 0.0949 e. The van der Waals surface area contributed by atoms with E-state index >= 15 is 0 Å². The number of hydrogen-bond acceptors (Lipinski definition) is 3. The van der Waals surface area contributed by atoms with Crippen molar-refractivity contribution in [1.29, 1.82) is 0 Å². The second-order valence-corrected chi connectivity index (χ2v) is 4.11. The van der Waals surface area contributed by atoms with Crippen LogP contribution >= 0.6 is 0 Å². The Morgan fingerprint density at radius 3 is 3.06 bits per heavy atom. The molecule has 1 aromatic rings. The van der Waals surface area contributed by atoms with Crippen LogP contribution < -0.4 is 5.32 Å². The average molecular weight is 221 g/mol. The molecule has 0 aliphatic carbocycles. The summed E-state index contributed by atoms with van der Waals surface area (Å²) in [6.45, 7) is 4.68. The molecule has 0 aromatic heterocycles. The average Bonchev–Trinajstić information content (AvgIpc) is 2.39. The number of methoxy groups -OCH3 is 1. The summed E-state index contributed by atoms with van der Waals surface area (Å²) in [5.41, 5.74) is 2.43. The van der Waals surface area contributed by atoms with Crippen molar-refractivity contribution >= 4 is 0 Å². The van der Waals surface area contributed by atoms with Crippen molar-refractivity contribution in [2.24, 2.45) is 0 Å².